The lowest BCUT2D eigenvalue weighted by atomic mass is 10.1. The van der Waals surface area contributed by atoms with Crippen LogP contribution in [-0.4, -0.2) is 40.0 Å². The topological polar surface area (TPSA) is 84.2 Å². The predicted octanol–water partition coefficient (Wildman–Crippen LogP) is 2.02. The van der Waals surface area contributed by atoms with Gasteiger partial charge < -0.3 is 14.6 Å². The van der Waals surface area contributed by atoms with E-state index in [0.717, 1.165) is 37.0 Å². The third-order valence-corrected chi connectivity index (χ3v) is 4.20. The van der Waals surface area contributed by atoms with Gasteiger partial charge in [-0.2, -0.15) is 4.98 Å². The average Bonchev–Trinajstić information content (AvgIpc) is 3.07. The Morgan fingerprint density at radius 1 is 1.21 bits per heavy atom. The number of oxazole rings is 1. The third kappa shape index (κ3) is 2.92. The first-order chi connectivity index (χ1) is 11.8. The maximum atomic E-state index is 12.1. The summed E-state index contributed by atoms with van der Waals surface area (Å²) in [5.41, 5.74) is 2.06. The molecule has 1 N–H and O–H groups in total. The average molecular weight is 323 g/mol. The molecule has 4 rings (SSSR count). The van der Waals surface area contributed by atoms with E-state index in [-0.39, 0.29) is 11.9 Å². The molecule has 0 atom stereocenters. The molecule has 0 radical (unpaired) electrons. The van der Waals surface area contributed by atoms with E-state index < -0.39 is 0 Å². The SMILES string of the molecule is O=C(NC1CCN(c2nc3ccccc3o2)CC1)c1ccncn1. The van der Waals surface area contributed by atoms with Crippen LogP contribution >= 0.6 is 0 Å². The second-order valence-electron chi connectivity index (χ2n) is 5.79. The van der Waals surface area contributed by atoms with E-state index in [1.165, 1.54) is 6.33 Å². The van der Waals surface area contributed by atoms with Gasteiger partial charge in [-0.1, -0.05) is 12.1 Å². The van der Waals surface area contributed by atoms with Gasteiger partial charge in [0.25, 0.3) is 11.9 Å². The predicted molar refractivity (Wildman–Crippen MR) is 88.7 cm³/mol. The lowest BCUT2D eigenvalue weighted by molar-refractivity contribution is 0.0925. The number of carbonyl (C=O) groups is 1. The molecule has 0 unspecified atom stereocenters. The van der Waals surface area contributed by atoms with Gasteiger partial charge in [0, 0.05) is 25.3 Å². The molecule has 3 heterocycles. The Morgan fingerprint density at radius 3 is 2.79 bits per heavy atom. The number of amides is 1. The Balaban J connectivity index is 1.37. The fourth-order valence-electron chi connectivity index (χ4n) is 2.89. The molecule has 1 fully saturated rings. The van der Waals surface area contributed by atoms with Crippen LogP contribution in [0.15, 0.2) is 47.3 Å². The van der Waals surface area contributed by atoms with E-state index in [1.807, 2.05) is 24.3 Å². The number of nitrogens with zero attached hydrogens (tertiary/aromatic N) is 4. The van der Waals surface area contributed by atoms with Gasteiger partial charge in [-0.3, -0.25) is 4.79 Å². The van der Waals surface area contributed by atoms with Crippen molar-refractivity contribution >= 4 is 23.0 Å². The van der Waals surface area contributed by atoms with Crippen molar-refractivity contribution in [2.75, 3.05) is 18.0 Å². The minimum absolute atomic E-state index is 0.132. The van der Waals surface area contributed by atoms with Gasteiger partial charge in [0.15, 0.2) is 5.58 Å². The number of nitrogens with one attached hydrogen (secondary N) is 1. The molecule has 1 saturated heterocycles. The Kier molecular flexibility index (Phi) is 3.82. The highest BCUT2D eigenvalue weighted by molar-refractivity contribution is 5.92. The first-order valence-electron chi connectivity index (χ1n) is 7.97. The lowest BCUT2D eigenvalue weighted by Crippen LogP contribution is -2.45. The van der Waals surface area contributed by atoms with E-state index in [4.69, 9.17) is 4.42 Å². The third-order valence-electron chi connectivity index (χ3n) is 4.20. The van der Waals surface area contributed by atoms with Crippen LogP contribution in [0.3, 0.4) is 0 Å². The summed E-state index contributed by atoms with van der Waals surface area (Å²) in [6.07, 6.45) is 4.63. The molecular weight excluding hydrogens is 306 g/mol. The quantitative estimate of drug-likeness (QED) is 0.794. The standard InChI is InChI=1S/C17H17N5O2/c23-16(14-5-8-18-11-19-14)20-12-6-9-22(10-7-12)17-21-13-3-1-2-4-15(13)24-17/h1-5,8,11-12H,6-7,9-10H2,(H,20,23). The number of piperidine rings is 1. The molecule has 1 aliphatic rings. The molecule has 0 bridgehead atoms. The second kappa shape index (κ2) is 6.27. The highest BCUT2D eigenvalue weighted by Gasteiger charge is 2.24. The van der Waals surface area contributed by atoms with E-state index in [9.17, 15) is 4.79 Å². The van der Waals surface area contributed by atoms with Crippen molar-refractivity contribution in [1.82, 2.24) is 20.3 Å². The van der Waals surface area contributed by atoms with Gasteiger partial charge in [0.1, 0.15) is 17.5 Å². The molecule has 7 nitrogen and oxygen atoms in total. The molecule has 0 aliphatic carbocycles. The minimum Gasteiger partial charge on any atom is -0.423 e. The van der Waals surface area contributed by atoms with Crippen molar-refractivity contribution in [2.24, 2.45) is 0 Å². The fraction of sp³-hybridized carbons (Fsp3) is 0.294. The Hall–Kier alpha value is -2.96. The molecule has 7 heteroatoms. The van der Waals surface area contributed by atoms with Gasteiger partial charge in [-0.25, -0.2) is 9.97 Å². The van der Waals surface area contributed by atoms with E-state index in [2.05, 4.69) is 25.2 Å². The maximum absolute atomic E-state index is 12.1. The van der Waals surface area contributed by atoms with Crippen LogP contribution in [0.25, 0.3) is 11.1 Å². The summed E-state index contributed by atoms with van der Waals surface area (Å²) < 4.78 is 5.80. The van der Waals surface area contributed by atoms with Crippen LogP contribution in [0.2, 0.25) is 0 Å². The summed E-state index contributed by atoms with van der Waals surface area (Å²) in [4.78, 5) is 26.6. The summed E-state index contributed by atoms with van der Waals surface area (Å²) in [6, 6.07) is 10.1. The molecule has 1 aromatic carbocycles. The molecule has 122 valence electrons. The van der Waals surface area contributed by atoms with Crippen molar-refractivity contribution < 1.29 is 9.21 Å². The number of hydrogen-bond acceptors (Lipinski definition) is 6. The summed E-state index contributed by atoms with van der Waals surface area (Å²) in [7, 11) is 0. The second-order valence-corrected chi connectivity index (χ2v) is 5.79. The summed E-state index contributed by atoms with van der Waals surface area (Å²) in [6.45, 7) is 1.59. The van der Waals surface area contributed by atoms with Crippen LogP contribution in [0, 0.1) is 0 Å². The van der Waals surface area contributed by atoms with Crippen LogP contribution in [-0.2, 0) is 0 Å². The maximum Gasteiger partial charge on any atom is 0.298 e. The van der Waals surface area contributed by atoms with Gasteiger partial charge in [-0.05, 0) is 31.0 Å². The van der Waals surface area contributed by atoms with E-state index in [0.29, 0.717) is 11.7 Å². The number of aromatic nitrogens is 3. The summed E-state index contributed by atoms with van der Waals surface area (Å²) in [5, 5.41) is 3.03. The zero-order valence-electron chi connectivity index (χ0n) is 13.1. The molecule has 1 aliphatic heterocycles. The molecule has 24 heavy (non-hydrogen) atoms. The van der Waals surface area contributed by atoms with Crippen molar-refractivity contribution in [3.8, 4) is 0 Å². The van der Waals surface area contributed by atoms with Crippen LogP contribution in [0.4, 0.5) is 6.01 Å². The molecule has 0 spiro atoms. The zero-order valence-corrected chi connectivity index (χ0v) is 13.1. The molecule has 2 aromatic heterocycles. The van der Waals surface area contributed by atoms with Crippen molar-refractivity contribution in [1.29, 1.82) is 0 Å². The normalized spacial score (nSPS) is 15.6. The minimum atomic E-state index is -0.155. The van der Waals surface area contributed by atoms with E-state index >= 15 is 0 Å². The van der Waals surface area contributed by atoms with Gasteiger partial charge in [-0.15, -0.1) is 0 Å². The Labute approximate surface area is 138 Å². The largest absolute Gasteiger partial charge is 0.423 e. The number of benzene rings is 1. The zero-order chi connectivity index (χ0) is 16.4. The first-order valence-corrected chi connectivity index (χ1v) is 7.97. The Morgan fingerprint density at radius 2 is 2.04 bits per heavy atom. The summed E-state index contributed by atoms with van der Waals surface area (Å²) in [5.74, 6) is -0.155. The van der Waals surface area contributed by atoms with Crippen molar-refractivity contribution in [2.45, 2.75) is 18.9 Å². The fourth-order valence-corrected chi connectivity index (χ4v) is 2.89. The number of rotatable bonds is 3. The monoisotopic (exact) mass is 323 g/mol. The van der Waals surface area contributed by atoms with Crippen molar-refractivity contribution in [3.05, 3.63) is 48.5 Å². The lowest BCUT2D eigenvalue weighted by Gasteiger charge is -2.31. The molecule has 0 saturated carbocycles. The molecule has 3 aromatic rings. The first kappa shape index (κ1) is 14.6. The number of para-hydroxylation sites is 2. The van der Waals surface area contributed by atoms with Gasteiger partial charge >= 0.3 is 0 Å². The summed E-state index contributed by atoms with van der Waals surface area (Å²) >= 11 is 0. The van der Waals surface area contributed by atoms with Crippen LogP contribution in [0.5, 0.6) is 0 Å². The van der Waals surface area contributed by atoms with Crippen molar-refractivity contribution in [3.63, 3.8) is 0 Å². The van der Waals surface area contributed by atoms with Gasteiger partial charge in [0.05, 0.1) is 0 Å². The number of fused-ring (bicyclic) bond motifs is 1. The Bertz CT molecular complexity index is 807. The molecule has 1 amide bonds. The van der Waals surface area contributed by atoms with Crippen LogP contribution in [0.1, 0.15) is 23.3 Å². The number of hydrogen-bond donors (Lipinski definition) is 1. The smallest absolute Gasteiger partial charge is 0.298 e. The highest BCUT2D eigenvalue weighted by Crippen LogP contribution is 2.24. The van der Waals surface area contributed by atoms with Gasteiger partial charge in [0.2, 0.25) is 0 Å². The van der Waals surface area contributed by atoms with E-state index in [1.54, 1.807) is 12.3 Å². The van der Waals surface area contributed by atoms with Crippen LogP contribution < -0.4 is 10.2 Å². The highest BCUT2D eigenvalue weighted by atomic mass is 16.4. The molecular formula is C17H17N5O2. The number of anilines is 1. The number of carbonyl (C=O) groups excluding carboxylic acids is 1.